The smallest absolute Gasteiger partial charge is 0.259 e. The number of carbonyl (C=O) groups is 2. The van der Waals surface area contributed by atoms with Crippen LogP contribution in [0, 0.1) is 0 Å². The third-order valence-corrected chi connectivity index (χ3v) is 6.05. The molecule has 2 aromatic heterocycles. The van der Waals surface area contributed by atoms with E-state index >= 15 is 0 Å². The average Bonchev–Trinajstić information content (AvgIpc) is 3.55. The van der Waals surface area contributed by atoms with Crippen LogP contribution in [-0.2, 0) is 0 Å². The van der Waals surface area contributed by atoms with Gasteiger partial charge in [0.05, 0.1) is 16.1 Å². The van der Waals surface area contributed by atoms with Crippen LogP contribution in [0.2, 0.25) is 0 Å². The summed E-state index contributed by atoms with van der Waals surface area (Å²) in [6, 6.07) is 29.6. The molecule has 0 saturated heterocycles. The molecule has 0 aliphatic heterocycles. The molecule has 0 bridgehead atoms. The fraction of sp³-hybridized carbons (Fsp3) is 0. The SMILES string of the molecule is O=C(c1ccccc1)c1ccc(NC(=O)c2cn(-c3ccccc3)nc2-c2cccs2)cc1. The number of aromatic nitrogens is 2. The van der Waals surface area contributed by atoms with Crippen LogP contribution in [-0.4, -0.2) is 21.5 Å². The van der Waals surface area contributed by atoms with Crippen LogP contribution in [0.25, 0.3) is 16.3 Å². The number of hydrogen-bond donors (Lipinski definition) is 1. The Morgan fingerprint density at radius 1 is 0.758 bits per heavy atom. The first-order valence-corrected chi connectivity index (χ1v) is 11.3. The Labute approximate surface area is 195 Å². The molecule has 0 saturated carbocycles. The van der Waals surface area contributed by atoms with Crippen molar-refractivity contribution in [3.8, 4) is 16.3 Å². The summed E-state index contributed by atoms with van der Waals surface area (Å²) in [6.45, 7) is 0. The van der Waals surface area contributed by atoms with Gasteiger partial charge in [-0.3, -0.25) is 9.59 Å². The molecule has 33 heavy (non-hydrogen) atoms. The van der Waals surface area contributed by atoms with Crippen molar-refractivity contribution in [1.82, 2.24) is 9.78 Å². The number of amides is 1. The quantitative estimate of drug-likeness (QED) is 0.319. The standard InChI is InChI=1S/C27H19N3O2S/c31-26(19-8-3-1-4-9-19)20-13-15-21(16-14-20)28-27(32)23-18-30(22-10-5-2-6-11-22)29-25(23)24-12-7-17-33-24/h1-18H,(H,28,32). The van der Waals surface area contributed by atoms with Crippen molar-refractivity contribution in [2.75, 3.05) is 5.32 Å². The van der Waals surface area contributed by atoms with Crippen LogP contribution in [0.3, 0.4) is 0 Å². The number of anilines is 1. The van der Waals surface area contributed by atoms with Crippen LogP contribution in [0.4, 0.5) is 5.69 Å². The van der Waals surface area contributed by atoms with Crippen LogP contribution in [0.5, 0.6) is 0 Å². The molecule has 0 spiro atoms. The van der Waals surface area contributed by atoms with Gasteiger partial charge in [-0.1, -0.05) is 54.6 Å². The Kier molecular flexibility index (Phi) is 5.66. The van der Waals surface area contributed by atoms with Crippen LogP contribution >= 0.6 is 11.3 Å². The summed E-state index contributed by atoms with van der Waals surface area (Å²) in [5.41, 5.74) is 3.78. The van der Waals surface area contributed by atoms with Gasteiger partial charge < -0.3 is 5.32 Å². The Morgan fingerprint density at radius 3 is 2.09 bits per heavy atom. The van der Waals surface area contributed by atoms with E-state index in [2.05, 4.69) is 10.4 Å². The largest absolute Gasteiger partial charge is 0.322 e. The maximum atomic E-state index is 13.2. The molecular formula is C27H19N3O2S. The zero-order valence-electron chi connectivity index (χ0n) is 17.5. The molecule has 1 N–H and O–H groups in total. The molecule has 6 heteroatoms. The summed E-state index contributed by atoms with van der Waals surface area (Å²) in [4.78, 5) is 26.7. The maximum Gasteiger partial charge on any atom is 0.259 e. The van der Waals surface area contributed by atoms with Crippen molar-refractivity contribution in [2.24, 2.45) is 0 Å². The molecule has 5 rings (SSSR count). The topological polar surface area (TPSA) is 64.0 Å². The van der Waals surface area contributed by atoms with E-state index in [0.717, 1.165) is 10.6 Å². The van der Waals surface area contributed by atoms with Gasteiger partial charge in [0.25, 0.3) is 5.91 Å². The maximum absolute atomic E-state index is 13.2. The van der Waals surface area contributed by atoms with E-state index in [1.165, 1.54) is 11.3 Å². The summed E-state index contributed by atoms with van der Waals surface area (Å²) in [7, 11) is 0. The number of benzene rings is 3. The predicted octanol–water partition coefficient (Wildman–Crippen LogP) is 6.08. The molecule has 3 aromatic carbocycles. The Bertz CT molecular complexity index is 1390. The summed E-state index contributed by atoms with van der Waals surface area (Å²) in [5, 5.41) is 9.57. The summed E-state index contributed by atoms with van der Waals surface area (Å²) in [6.07, 6.45) is 1.74. The molecular weight excluding hydrogens is 430 g/mol. The van der Waals surface area contributed by atoms with Crippen LogP contribution in [0.1, 0.15) is 26.3 Å². The van der Waals surface area contributed by atoms with Gasteiger partial charge in [-0.05, 0) is 47.8 Å². The molecule has 0 unspecified atom stereocenters. The third-order valence-electron chi connectivity index (χ3n) is 5.18. The molecule has 5 nitrogen and oxygen atoms in total. The number of hydrogen-bond acceptors (Lipinski definition) is 4. The highest BCUT2D eigenvalue weighted by Gasteiger charge is 2.20. The number of rotatable bonds is 6. The summed E-state index contributed by atoms with van der Waals surface area (Å²) in [5.74, 6) is -0.319. The number of carbonyl (C=O) groups excluding carboxylic acids is 2. The van der Waals surface area contributed by atoms with Gasteiger partial charge in [0.1, 0.15) is 5.69 Å². The lowest BCUT2D eigenvalue weighted by atomic mass is 10.0. The molecule has 0 aliphatic carbocycles. The number of para-hydroxylation sites is 1. The van der Waals surface area contributed by atoms with Crippen molar-refractivity contribution in [3.63, 3.8) is 0 Å². The molecule has 0 atom stereocenters. The third kappa shape index (κ3) is 4.37. The average molecular weight is 450 g/mol. The van der Waals surface area contributed by atoms with Crippen LogP contribution in [0.15, 0.2) is 109 Å². The zero-order chi connectivity index (χ0) is 22.6. The monoisotopic (exact) mass is 449 g/mol. The van der Waals surface area contributed by atoms with E-state index in [1.807, 2.05) is 66.0 Å². The van der Waals surface area contributed by atoms with Gasteiger partial charge in [-0.15, -0.1) is 11.3 Å². The van der Waals surface area contributed by atoms with Crippen molar-refractivity contribution < 1.29 is 9.59 Å². The number of ketones is 1. The van der Waals surface area contributed by atoms with Crippen molar-refractivity contribution in [3.05, 3.63) is 125 Å². The molecule has 0 fully saturated rings. The first kappa shape index (κ1) is 20.6. The normalized spacial score (nSPS) is 10.7. The molecule has 160 valence electrons. The highest BCUT2D eigenvalue weighted by atomic mass is 32.1. The van der Waals surface area contributed by atoms with E-state index in [-0.39, 0.29) is 11.7 Å². The zero-order valence-corrected chi connectivity index (χ0v) is 18.3. The highest BCUT2D eigenvalue weighted by Crippen LogP contribution is 2.28. The van der Waals surface area contributed by atoms with Gasteiger partial charge in [0, 0.05) is 23.0 Å². The number of thiophene rings is 1. The van der Waals surface area contributed by atoms with Gasteiger partial charge in [-0.2, -0.15) is 5.10 Å². The minimum absolute atomic E-state index is 0.0578. The Morgan fingerprint density at radius 2 is 1.42 bits per heavy atom. The summed E-state index contributed by atoms with van der Waals surface area (Å²) >= 11 is 1.53. The number of nitrogens with zero attached hydrogens (tertiary/aromatic N) is 2. The number of nitrogens with one attached hydrogen (secondary N) is 1. The van der Waals surface area contributed by atoms with E-state index in [4.69, 9.17) is 0 Å². The molecule has 5 aromatic rings. The molecule has 0 aliphatic rings. The second-order valence-corrected chi connectivity index (χ2v) is 8.32. The lowest BCUT2D eigenvalue weighted by Crippen LogP contribution is -2.12. The van der Waals surface area contributed by atoms with Gasteiger partial charge in [0.2, 0.25) is 0 Å². The molecule has 1 amide bonds. The fourth-order valence-electron chi connectivity index (χ4n) is 3.51. The highest BCUT2D eigenvalue weighted by molar-refractivity contribution is 7.13. The lowest BCUT2D eigenvalue weighted by molar-refractivity contribution is 0.102. The fourth-order valence-corrected chi connectivity index (χ4v) is 4.23. The first-order chi connectivity index (χ1) is 16.2. The first-order valence-electron chi connectivity index (χ1n) is 10.4. The predicted molar refractivity (Wildman–Crippen MR) is 131 cm³/mol. The minimum atomic E-state index is -0.261. The minimum Gasteiger partial charge on any atom is -0.322 e. The van der Waals surface area contributed by atoms with Crippen molar-refractivity contribution in [2.45, 2.75) is 0 Å². The van der Waals surface area contributed by atoms with E-state index in [0.29, 0.717) is 28.1 Å². The second-order valence-electron chi connectivity index (χ2n) is 7.38. The second kappa shape index (κ2) is 9.06. The van der Waals surface area contributed by atoms with Gasteiger partial charge >= 0.3 is 0 Å². The van der Waals surface area contributed by atoms with Crippen molar-refractivity contribution >= 4 is 28.7 Å². The van der Waals surface area contributed by atoms with Crippen LogP contribution < -0.4 is 5.32 Å². The van der Waals surface area contributed by atoms with Gasteiger partial charge in [-0.25, -0.2) is 4.68 Å². The van der Waals surface area contributed by atoms with E-state index < -0.39 is 0 Å². The van der Waals surface area contributed by atoms with Gasteiger partial charge in [0.15, 0.2) is 5.78 Å². The Balaban J connectivity index is 1.40. The van der Waals surface area contributed by atoms with E-state index in [9.17, 15) is 9.59 Å². The van der Waals surface area contributed by atoms with Crippen molar-refractivity contribution in [1.29, 1.82) is 0 Å². The lowest BCUT2D eigenvalue weighted by Gasteiger charge is -2.06. The molecule has 0 radical (unpaired) electrons. The molecule has 2 heterocycles. The Hall–Kier alpha value is -4.29. The summed E-state index contributed by atoms with van der Waals surface area (Å²) < 4.78 is 1.71. The van der Waals surface area contributed by atoms with E-state index in [1.54, 1.807) is 47.3 Å².